The third-order valence-corrected chi connectivity index (χ3v) is 11.8. The second-order valence-corrected chi connectivity index (χ2v) is 14.3. The second-order valence-electron chi connectivity index (χ2n) is 13.3. The van der Waals surface area contributed by atoms with Gasteiger partial charge in [-0.3, -0.25) is 4.57 Å². The molecule has 0 saturated carbocycles. The molecule has 0 aliphatic heterocycles. The first-order valence-corrected chi connectivity index (χ1v) is 18.0. The maximum Gasteiger partial charge on any atom is 0.236 e. The number of aromatic nitrogens is 3. The summed E-state index contributed by atoms with van der Waals surface area (Å²) in [6.45, 7) is 0. The van der Waals surface area contributed by atoms with Gasteiger partial charge < -0.3 is 4.42 Å². The highest BCUT2D eigenvalue weighted by molar-refractivity contribution is 7.27. The zero-order chi connectivity index (χ0) is 33.2. The third-order valence-electron chi connectivity index (χ3n) is 10.6. The van der Waals surface area contributed by atoms with E-state index in [-0.39, 0.29) is 0 Å². The number of nitrogens with zero attached hydrogens (tertiary/aromatic N) is 3. The van der Waals surface area contributed by atoms with Gasteiger partial charge in [-0.2, -0.15) is 0 Å². The van der Waals surface area contributed by atoms with Crippen LogP contribution in [-0.4, -0.2) is 14.5 Å². The molecule has 0 atom stereocenters. The van der Waals surface area contributed by atoms with Gasteiger partial charge in [-0.15, -0.1) is 11.3 Å². The van der Waals surface area contributed by atoms with Crippen LogP contribution >= 0.6 is 11.3 Å². The van der Waals surface area contributed by atoms with Crippen molar-refractivity contribution in [2.24, 2.45) is 0 Å². The number of fused-ring (bicyclic) bond motifs is 16. The van der Waals surface area contributed by atoms with E-state index in [1.54, 1.807) is 0 Å². The molecule has 4 nitrogen and oxygen atoms in total. The fourth-order valence-corrected chi connectivity index (χ4v) is 9.69. The van der Waals surface area contributed by atoms with Crippen molar-refractivity contribution in [3.8, 4) is 17.2 Å². The molecular formula is C46H25N3OS. The van der Waals surface area contributed by atoms with E-state index in [1.807, 2.05) is 23.5 Å². The van der Waals surface area contributed by atoms with Gasteiger partial charge >= 0.3 is 0 Å². The van der Waals surface area contributed by atoms with Gasteiger partial charge in [0.05, 0.1) is 15.7 Å². The van der Waals surface area contributed by atoms with Crippen LogP contribution in [0.3, 0.4) is 0 Å². The predicted molar refractivity (Wildman–Crippen MR) is 214 cm³/mol. The summed E-state index contributed by atoms with van der Waals surface area (Å²) in [4.78, 5) is 11.1. The smallest absolute Gasteiger partial charge is 0.236 e. The Kier molecular flexibility index (Phi) is 5.35. The average molecular weight is 668 g/mol. The number of thiophene rings is 1. The van der Waals surface area contributed by atoms with Gasteiger partial charge in [-0.25, -0.2) is 9.97 Å². The van der Waals surface area contributed by atoms with Gasteiger partial charge in [-0.1, -0.05) is 133 Å². The molecule has 236 valence electrons. The lowest BCUT2D eigenvalue weighted by molar-refractivity contribution is 0.666. The Morgan fingerprint density at radius 3 is 1.96 bits per heavy atom. The molecule has 0 bridgehead atoms. The van der Waals surface area contributed by atoms with E-state index in [1.165, 1.54) is 47.1 Å². The van der Waals surface area contributed by atoms with Crippen molar-refractivity contribution < 1.29 is 4.42 Å². The Morgan fingerprint density at radius 2 is 1.12 bits per heavy atom. The van der Waals surface area contributed by atoms with Crippen molar-refractivity contribution in [2.45, 2.75) is 0 Å². The van der Waals surface area contributed by atoms with Crippen molar-refractivity contribution in [3.63, 3.8) is 0 Å². The highest BCUT2D eigenvalue weighted by atomic mass is 32.1. The van der Waals surface area contributed by atoms with Crippen LogP contribution in [0.1, 0.15) is 0 Å². The lowest BCUT2D eigenvalue weighted by Crippen LogP contribution is -2.03. The Hall–Kier alpha value is -6.56. The number of rotatable bonds is 2. The molecule has 0 saturated heterocycles. The minimum Gasteiger partial charge on any atom is -0.452 e. The molecule has 0 N–H and O–H groups in total. The molecular weight excluding hydrogens is 643 g/mol. The van der Waals surface area contributed by atoms with Gasteiger partial charge in [0.1, 0.15) is 16.8 Å². The summed E-state index contributed by atoms with van der Waals surface area (Å²) in [5, 5.41) is 13.0. The molecule has 12 rings (SSSR count). The summed E-state index contributed by atoms with van der Waals surface area (Å²) in [5.74, 6) is 0.627. The summed E-state index contributed by atoms with van der Waals surface area (Å²) in [5.41, 5.74) is 6.34. The normalized spacial score (nSPS) is 12.3. The highest BCUT2D eigenvalue weighted by Gasteiger charge is 2.26. The van der Waals surface area contributed by atoms with E-state index < -0.39 is 0 Å². The first-order valence-electron chi connectivity index (χ1n) is 17.2. The maximum atomic E-state index is 6.64. The van der Waals surface area contributed by atoms with Gasteiger partial charge in [0.2, 0.25) is 5.95 Å². The lowest BCUT2D eigenvalue weighted by atomic mass is 9.98. The molecule has 8 aromatic carbocycles. The van der Waals surface area contributed by atoms with Gasteiger partial charge in [-0.05, 0) is 45.1 Å². The summed E-state index contributed by atoms with van der Waals surface area (Å²) in [7, 11) is 0. The molecule has 4 aromatic heterocycles. The fraction of sp³-hybridized carbons (Fsp3) is 0. The quantitative estimate of drug-likeness (QED) is 0.184. The van der Waals surface area contributed by atoms with E-state index >= 15 is 0 Å². The topological polar surface area (TPSA) is 43.9 Å². The van der Waals surface area contributed by atoms with Crippen molar-refractivity contribution >= 4 is 108 Å². The van der Waals surface area contributed by atoms with Crippen LogP contribution in [0.15, 0.2) is 156 Å². The molecule has 0 radical (unpaired) electrons. The molecule has 12 aromatic rings. The van der Waals surface area contributed by atoms with Crippen molar-refractivity contribution in [2.75, 3.05) is 0 Å². The van der Waals surface area contributed by atoms with E-state index in [0.717, 1.165) is 54.9 Å². The van der Waals surface area contributed by atoms with Crippen LogP contribution in [0.5, 0.6) is 0 Å². The molecule has 0 unspecified atom stereocenters. The number of para-hydroxylation sites is 1. The van der Waals surface area contributed by atoms with E-state index in [2.05, 4.69) is 144 Å². The Balaban J connectivity index is 1.36. The average Bonchev–Trinajstić information content (AvgIpc) is 3.88. The lowest BCUT2D eigenvalue weighted by Gasteiger charge is -2.12. The number of benzene rings is 8. The van der Waals surface area contributed by atoms with Crippen LogP contribution in [0.2, 0.25) is 0 Å². The Labute approximate surface area is 294 Å². The molecule has 0 spiro atoms. The van der Waals surface area contributed by atoms with Crippen molar-refractivity contribution in [1.82, 2.24) is 14.5 Å². The first kappa shape index (κ1) is 27.3. The largest absolute Gasteiger partial charge is 0.452 e. The molecule has 4 heterocycles. The molecule has 0 amide bonds. The SMILES string of the molecule is c1ccc2c(-c3nc(-n4c5c6ccccc6ccc5c5c6ccccc6c6c7ccccc7sc6c54)nc4c3oc3ccccc34)cccc2c1. The molecule has 0 aliphatic rings. The van der Waals surface area contributed by atoms with Crippen LogP contribution in [-0.2, 0) is 0 Å². The zero-order valence-electron chi connectivity index (χ0n) is 27.1. The molecule has 0 fully saturated rings. The summed E-state index contributed by atoms with van der Waals surface area (Å²) in [6, 6.07) is 53.9. The first-order chi connectivity index (χ1) is 25.3. The minimum absolute atomic E-state index is 0.627. The summed E-state index contributed by atoms with van der Waals surface area (Å²) in [6.07, 6.45) is 0. The van der Waals surface area contributed by atoms with Crippen LogP contribution in [0.25, 0.3) is 114 Å². The van der Waals surface area contributed by atoms with Gasteiger partial charge in [0, 0.05) is 42.6 Å². The van der Waals surface area contributed by atoms with Crippen molar-refractivity contribution in [1.29, 1.82) is 0 Å². The molecule has 51 heavy (non-hydrogen) atoms. The monoisotopic (exact) mass is 667 g/mol. The molecule has 0 aliphatic carbocycles. The zero-order valence-corrected chi connectivity index (χ0v) is 27.9. The van der Waals surface area contributed by atoms with E-state index in [9.17, 15) is 0 Å². The summed E-state index contributed by atoms with van der Waals surface area (Å²) < 4.78 is 11.5. The van der Waals surface area contributed by atoms with Crippen LogP contribution in [0.4, 0.5) is 0 Å². The highest BCUT2D eigenvalue weighted by Crippen LogP contribution is 2.49. The number of furan rings is 1. The molecule has 5 heteroatoms. The van der Waals surface area contributed by atoms with Crippen molar-refractivity contribution in [3.05, 3.63) is 152 Å². The third kappa shape index (κ3) is 3.63. The fourth-order valence-electron chi connectivity index (χ4n) is 8.43. The Bertz CT molecular complexity index is 3430. The van der Waals surface area contributed by atoms with E-state index in [4.69, 9.17) is 14.4 Å². The Morgan fingerprint density at radius 1 is 0.471 bits per heavy atom. The predicted octanol–water partition coefficient (Wildman–Crippen LogP) is 13.0. The van der Waals surface area contributed by atoms with Crippen LogP contribution < -0.4 is 0 Å². The van der Waals surface area contributed by atoms with E-state index in [0.29, 0.717) is 11.5 Å². The minimum atomic E-state index is 0.627. The van der Waals surface area contributed by atoms with Crippen LogP contribution in [0, 0.1) is 0 Å². The number of hydrogen-bond donors (Lipinski definition) is 0. The number of hydrogen-bond acceptors (Lipinski definition) is 4. The second kappa shape index (κ2) is 10.0. The van der Waals surface area contributed by atoms with Gasteiger partial charge in [0.15, 0.2) is 5.58 Å². The summed E-state index contributed by atoms with van der Waals surface area (Å²) >= 11 is 1.85. The van der Waals surface area contributed by atoms with Gasteiger partial charge in [0.25, 0.3) is 0 Å². The standard InChI is InChI=1S/C46H25N3OS/c1-3-15-28-26(12-1)14-11-21-32(28)40-44-41(33-19-7-9-22-36(33)50-44)48-46(47-40)49-42-29-16-4-2-13-27(29)24-25-35(42)38-30-17-5-6-18-31(30)39-34-20-8-10-23-37(34)51-45(39)43(38)49/h1-25H. The maximum absolute atomic E-state index is 6.64.